The lowest BCUT2D eigenvalue weighted by Crippen LogP contribution is -2.64. The number of rotatable bonds is 4. The highest BCUT2D eigenvalue weighted by Crippen LogP contribution is 2.28. The van der Waals surface area contributed by atoms with Gasteiger partial charge in [0.25, 0.3) is 0 Å². The molecule has 0 bridgehead atoms. The van der Waals surface area contributed by atoms with Crippen molar-refractivity contribution in [2.45, 2.75) is 12.5 Å². The van der Waals surface area contributed by atoms with Gasteiger partial charge in [0.2, 0.25) is 0 Å². The normalized spacial score (nSPS) is 16.2. The molecule has 1 aliphatic rings. The van der Waals surface area contributed by atoms with E-state index < -0.39 is 11.6 Å². The molecule has 114 valence electrons. The van der Waals surface area contributed by atoms with Gasteiger partial charge in [-0.05, 0) is 25.1 Å². The van der Waals surface area contributed by atoms with E-state index in [2.05, 4.69) is 5.32 Å². The second-order valence-corrected chi connectivity index (χ2v) is 5.89. The number of hydrogen-bond acceptors (Lipinski definition) is 3. The van der Waals surface area contributed by atoms with Gasteiger partial charge >= 0.3 is 12.0 Å². The van der Waals surface area contributed by atoms with E-state index in [4.69, 9.17) is 33.0 Å². The van der Waals surface area contributed by atoms with Crippen molar-refractivity contribution in [3.63, 3.8) is 0 Å². The number of halogens is 2. The van der Waals surface area contributed by atoms with Crippen molar-refractivity contribution >= 4 is 40.9 Å². The molecule has 2 N–H and O–H groups in total. The third-order valence-electron chi connectivity index (χ3n) is 3.05. The third-order valence-corrected chi connectivity index (χ3v) is 3.60. The van der Waals surface area contributed by atoms with Gasteiger partial charge in [0.1, 0.15) is 12.2 Å². The Bertz CT molecular complexity index is 573. The highest BCUT2D eigenvalue weighted by Gasteiger charge is 2.42. The van der Waals surface area contributed by atoms with Crippen LogP contribution in [0.3, 0.4) is 0 Å². The third kappa shape index (κ3) is 4.00. The van der Waals surface area contributed by atoms with Gasteiger partial charge in [0, 0.05) is 5.02 Å². The number of hydrogen-bond donors (Lipinski definition) is 2. The largest absolute Gasteiger partial charge is 0.480 e. The quantitative estimate of drug-likeness (QED) is 0.888. The summed E-state index contributed by atoms with van der Waals surface area (Å²) in [6.45, 7) is 2.01. The number of aliphatic carboxylic acids is 1. The molecule has 0 aromatic heterocycles. The number of ether oxygens (including phenoxy) is 1. The molecule has 0 atom stereocenters. The molecule has 6 nitrogen and oxygen atoms in total. The van der Waals surface area contributed by atoms with Crippen LogP contribution in [0, 0.1) is 0 Å². The molecule has 1 aliphatic heterocycles. The first-order chi connectivity index (χ1) is 9.79. The summed E-state index contributed by atoms with van der Waals surface area (Å²) in [5, 5.41) is 12.1. The lowest BCUT2D eigenvalue weighted by Gasteiger charge is -2.46. The fourth-order valence-electron chi connectivity index (χ4n) is 2.02. The van der Waals surface area contributed by atoms with Gasteiger partial charge in [-0.2, -0.15) is 0 Å². The average Bonchev–Trinajstić information content (AvgIpc) is 2.36. The Kier molecular flexibility index (Phi) is 4.61. The van der Waals surface area contributed by atoms with Gasteiger partial charge < -0.3 is 20.1 Å². The lowest BCUT2D eigenvalue weighted by molar-refractivity contribution is -0.159. The summed E-state index contributed by atoms with van der Waals surface area (Å²) >= 11 is 11.8. The Balaban J connectivity index is 1.87. The second kappa shape index (κ2) is 6.09. The van der Waals surface area contributed by atoms with Crippen LogP contribution in [0.15, 0.2) is 18.2 Å². The molecule has 1 saturated heterocycles. The van der Waals surface area contributed by atoms with Crippen molar-refractivity contribution in [3.05, 3.63) is 28.2 Å². The number of anilines is 1. The van der Waals surface area contributed by atoms with Gasteiger partial charge in [-0.1, -0.05) is 23.2 Å². The van der Waals surface area contributed by atoms with Crippen LogP contribution in [0.25, 0.3) is 0 Å². The van der Waals surface area contributed by atoms with E-state index in [-0.39, 0.29) is 12.6 Å². The van der Waals surface area contributed by atoms with Crippen molar-refractivity contribution in [3.8, 4) is 0 Å². The summed E-state index contributed by atoms with van der Waals surface area (Å²) in [6, 6.07) is 4.45. The first-order valence-corrected chi connectivity index (χ1v) is 6.91. The Hall–Kier alpha value is -1.50. The maximum Gasteiger partial charge on any atom is 0.329 e. The summed E-state index contributed by atoms with van der Waals surface area (Å²) in [7, 11) is 0. The molecule has 1 aromatic carbocycles. The molecule has 0 aliphatic carbocycles. The van der Waals surface area contributed by atoms with Crippen molar-refractivity contribution in [2.75, 3.05) is 25.0 Å². The van der Waals surface area contributed by atoms with Crippen LogP contribution in [0.1, 0.15) is 6.92 Å². The standard InChI is InChI=1S/C13H14Cl2N2O4/c1-13(21-5-11(18)19)6-17(7-13)12(20)16-10-3-2-8(14)4-9(10)15/h2-4H,5-7H2,1H3,(H,16,20)(H,18,19). The van der Waals surface area contributed by atoms with Crippen LogP contribution < -0.4 is 5.32 Å². The van der Waals surface area contributed by atoms with Crippen LogP contribution in [0.4, 0.5) is 10.5 Å². The van der Waals surface area contributed by atoms with Crippen LogP contribution in [0.2, 0.25) is 10.0 Å². The Labute approximate surface area is 131 Å². The zero-order valence-corrected chi connectivity index (χ0v) is 12.7. The molecule has 0 radical (unpaired) electrons. The van der Waals surface area contributed by atoms with Crippen molar-refractivity contribution < 1.29 is 19.4 Å². The minimum atomic E-state index is -1.04. The topological polar surface area (TPSA) is 78.9 Å². The number of likely N-dealkylation sites (tertiary alicyclic amines) is 1. The zero-order valence-electron chi connectivity index (χ0n) is 11.2. The number of nitrogens with one attached hydrogen (secondary N) is 1. The number of carbonyl (C=O) groups excluding carboxylic acids is 1. The molecule has 0 spiro atoms. The molecule has 1 heterocycles. The van der Waals surface area contributed by atoms with Crippen LogP contribution in [-0.4, -0.2) is 47.3 Å². The van der Waals surface area contributed by atoms with Crippen LogP contribution in [-0.2, 0) is 9.53 Å². The molecule has 21 heavy (non-hydrogen) atoms. The molecule has 1 fully saturated rings. The number of nitrogens with zero attached hydrogens (tertiary/aromatic N) is 1. The zero-order chi connectivity index (χ0) is 15.6. The first kappa shape index (κ1) is 15.9. The van der Waals surface area contributed by atoms with Gasteiger partial charge in [0.05, 0.1) is 23.8 Å². The number of urea groups is 1. The predicted octanol–water partition coefficient (Wildman–Crippen LogP) is 2.70. The van der Waals surface area contributed by atoms with Crippen molar-refractivity contribution in [1.29, 1.82) is 0 Å². The monoisotopic (exact) mass is 332 g/mol. The van der Waals surface area contributed by atoms with E-state index in [1.165, 1.54) is 11.0 Å². The van der Waals surface area contributed by atoms with Crippen LogP contribution in [0.5, 0.6) is 0 Å². The molecule has 1 aromatic rings. The van der Waals surface area contributed by atoms with Crippen LogP contribution >= 0.6 is 23.2 Å². The molecule has 8 heteroatoms. The van der Waals surface area contributed by atoms with Gasteiger partial charge in [-0.25, -0.2) is 9.59 Å². The maximum atomic E-state index is 12.0. The number of carboxylic acids is 1. The summed E-state index contributed by atoms with van der Waals surface area (Å²) < 4.78 is 5.23. The molecular formula is C13H14Cl2N2O4. The Morgan fingerprint density at radius 1 is 1.43 bits per heavy atom. The molecular weight excluding hydrogens is 319 g/mol. The molecule has 2 amide bonds. The smallest absolute Gasteiger partial charge is 0.329 e. The van der Waals surface area contributed by atoms with E-state index in [9.17, 15) is 9.59 Å². The van der Waals surface area contributed by atoms with E-state index in [1.54, 1.807) is 19.1 Å². The second-order valence-electron chi connectivity index (χ2n) is 5.04. The molecule has 0 saturated carbocycles. The van der Waals surface area contributed by atoms with E-state index in [1.807, 2.05) is 0 Å². The van der Waals surface area contributed by atoms with E-state index in [0.717, 1.165) is 0 Å². The molecule has 2 rings (SSSR count). The first-order valence-electron chi connectivity index (χ1n) is 6.16. The van der Waals surface area contributed by atoms with Gasteiger partial charge in [-0.15, -0.1) is 0 Å². The van der Waals surface area contributed by atoms with Gasteiger partial charge in [0.15, 0.2) is 0 Å². The lowest BCUT2D eigenvalue weighted by atomic mass is 9.97. The van der Waals surface area contributed by atoms with Crippen molar-refractivity contribution in [2.24, 2.45) is 0 Å². The number of carboxylic acid groups (broad SMARTS) is 1. The van der Waals surface area contributed by atoms with Crippen molar-refractivity contribution in [1.82, 2.24) is 4.90 Å². The Morgan fingerprint density at radius 3 is 2.67 bits per heavy atom. The minimum Gasteiger partial charge on any atom is -0.480 e. The average molecular weight is 333 g/mol. The van der Waals surface area contributed by atoms with E-state index >= 15 is 0 Å². The highest BCUT2D eigenvalue weighted by molar-refractivity contribution is 6.36. The summed E-state index contributed by atoms with van der Waals surface area (Å²) in [4.78, 5) is 24.0. The summed E-state index contributed by atoms with van der Waals surface area (Å²) in [5.74, 6) is -1.04. The summed E-state index contributed by atoms with van der Waals surface area (Å²) in [5.41, 5.74) is -0.161. The Morgan fingerprint density at radius 2 is 2.10 bits per heavy atom. The predicted molar refractivity (Wildman–Crippen MR) is 79.0 cm³/mol. The minimum absolute atomic E-state index is 0.317. The number of carbonyl (C=O) groups is 2. The highest BCUT2D eigenvalue weighted by atomic mass is 35.5. The van der Waals surface area contributed by atoms with E-state index in [0.29, 0.717) is 28.8 Å². The maximum absolute atomic E-state index is 12.0. The summed E-state index contributed by atoms with van der Waals surface area (Å²) in [6.07, 6.45) is 0. The fourth-order valence-corrected chi connectivity index (χ4v) is 2.47. The molecule has 0 unspecified atom stereocenters. The fraction of sp³-hybridized carbons (Fsp3) is 0.385. The SMILES string of the molecule is CC1(OCC(=O)O)CN(C(=O)Nc2ccc(Cl)cc2Cl)C1. The number of benzene rings is 1. The number of amides is 2. The van der Waals surface area contributed by atoms with Gasteiger partial charge in [-0.3, -0.25) is 0 Å².